The van der Waals surface area contributed by atoms with Gasteiger partial charge in [-0.3, -0.25) is 24.0 Å². The number of carbonyl (C=O) groups excluding carboxylic acids is 3. The Kier molecular flexibility index (Phi) is 9.73. The van der Waals surface area contributed by atoms with Gasteiger partial charge in [0.25, 0.3) is 0 Å². The summed E-state index contributed by atoms with van der Waals surface area (Å²) in [6.07, 6.45) is -1.11. The van der Waals surface area contributed by atoms with Crippen LogP contribution in [0.25, 0.3) is 0 Å². The topological polar surface area (TPSA) is 237 Å². The highest BCUT2D eigenvalue weighted by atomic mass is 16.4. The zero-order chi connectivity index (χ0) is 27.0. The van der Waals surface area contributed by atoms with Crippen molar-refractivity contribution in [3.05, 3.63) is 29.8 Å². The molecule has 196 valence electrons. The maximum atomic E-state index is 12.9. The molecule has 36 heavy (non-hydrogen) atoms. The van der Waals surface area contributed by atoms with Gasteiger partial charge >= 0.3 is 17.9 Å². The van der Waals surface area contributed by atoms with Gasteiger partial charge in [0.15, 0.2) is 0 Å². The average molecular weight is 508 g/mol. The van der Waals surface area contributed by atoms with Crippen molar-refractivity contribution >= 4 is 35.6 Å². The van der Waals surface area contributed by atoms with Crippen LogP contribution >= 0.6 is 0 Å². The van der Waals surface area contributed by atoms with Crippen molar-refractivity contribution in [1.29, 1.82) is 0 Å². The molecular formula is C22H28N4O10. The fourth-order valence-corrected chi connectivity index (χ4v) is 3.78. The molecule has 1 aliphatic heterocycles. The number of carbonyl (C=O) groups is 6. The van der Waals surface area contributed by atoms with Crippen LogP contribution in [0, 0.1) is 0 Å². The molecule has 0 bridgehead atoms. The number of phenols is 1. The van der Waals surface area contributed by atoms with E-state index in [0.29, 0.717) is 12.0 Å². The summed E-state index contributed by atoms with van der Waals surface area (Å²) < 4.78 is 0. The maximum Gasteiger partial charge on any atom is 0.326 e. The summed E-state index contributed by atoms with van der Waals surface area (Å²) >= 11 is 0. The first-order valence-corrected chi connectivity index (χ1v) is 11.0. The number of rotatable bonds is 12. The van der Waals surface area contributed by atoms with Gasteiger partial charge in [-0.15, -0.1) is 0 Å². The van der Waals surface area contributed by atoms with Gasteiger partial charge in [0.05, 0.1) is 18.9 Å². The number of nitrogens with one attached hydrogen (secondary N) is 2. The second-order valence-electron chi connectivity index (χ2n) is 8.32. The third-order valence-corrected chi connectivity index (χ3v) is 5.55. The Morgan fingerprint density at radius 1 is 0.944 bits per heavy atom. The van der Waals surface area contributed by atoms with E-state index < -0.39 is 72.6 Å². The maximum absolute atomic E-state index is 12.9. The van der Waals surface area contributed by atoms with Crippen molar-refractivity contribution in [1.82, 2.24) is 15.5 Å². The number of carboxylic acid groups (broad SMARTS) is 3. The highest BCUT2D eigenvalue weighted by Crippen LogP contribution is 2.19. The van der Waals surface area contributed by atoms with Crippen molar-refractivity contribution in [2.75, 3.05) is 6.54 Å². The second-order valence-corrected chi connectivity index (χ2v) is 8.32. The van der Waals surface area contributed by atoms with E-state index >= 15 is 0 Å². The lowest BCUT2D eigenvalue weighted by atomic mass is 10.0. The lowest BCUT2D eigenvalue weighted by Gasteiger charge is -2.28. The number of hydrogen-bond donors (Lipinski definition) is 7. The van der Waals surface area contributed by atoms with Gasteiger partial charge in [-0.1, -0.05) is 12.1 Å². The summed E-state index contributed by atoms with van der Waals surface area (Å²) in [4.78, 5) is 73.1. The standard InChI is InChI=1S/C22H28N4O10/c23-13(9-17(28)29)21(34)26-7-1-2-16(26)20(33)24-14(10-18(30)31)19(32)25-15(22(35)36)8-11-3-5-12(27)6-4-11/h3-6,13-16,27H,1-2,7-10,23H2,(H,24,33)(H,25,32)(H,28,29)(H,30,31)(H,35,36). The fourth-order valence-electron chi connectivity index (χ4n) is 3.78. The highest BCUT2D eigenvalue weighted by Gasteiger charge is 2.38. The quantitative estimate of drug-likeness (QED) is 0.167. The predicted molar refractivity (Wildman–Crippen MR) is 121 cm³/mol. The van der Waals surface area contributed by atoms with Crippen LogP contribution in [0.2, 0.25) is 0 Å². The molecule has 4 unspecified atom stereocenters. The molecule has 14 heteroatoms. The van der Waals surface area contributed by atoms with Crippen molar-refractivity contribution < 1.29 is 49.2 Å². The summed E-state index contributed by atoms with van der Waals surface area (Å²) in [7, 11) is 0. The van der Waals surface area contributed by atoms with Gasteiger partial charge in [-0.05, 0) is 30.5 Å². The monoisotopic (exact) mass is 508 g/mol. The SMILES string of the molecule is NC(CC(=O)O)C(=O)N1CCCC1C(=O)NC(CC(=O)O)C(=O)NC(Cc1ccc(O)cc1)C(=O)O. The number of carboxylic acids is 3. The third kappa shape index (κ3) is 7.94. The molecule has 3 amide bonds. The van der Waals surface area contributed by atoms with Crippen molar-refractivity contribution in [2.45, 2.75) is 56.3 Å². The fraction of sp³-hybridized carbons (Fsp3) is 0.455. The molecule has 0 radical (unpaired) electrons. The number of phenolic OH excluding ortho intramolecular Hbond substituents is 1. The summed E-state index contributed by atoms with van der Waals surface area (Å²) in [5.74, 6) is -6.86. The molecule has 8 N–H and O–H groups in total. The summed E-state index contributed by atoms with van der Waals surface area (Å²) in [5, 5.41) is 41.4. The van der Waals surface area contributed by atoms with Gasteiger partial charge in [-0.2, -0.15) is 0 Å². The van der Waals surface area contributed by atoms with Gasteiger partial charge in [0.2, 0.25) is 17.7 Å². The first-order valence-electron chi connectivity index (χ1n) is 11.0. The van der Waals surface area contributed by atoms with Crippen LogP contribution in [0.1, 0.15) is 31.2 Å². The minimum atomic E-state index is -1.65. The van der Waals surface area contributed by atoms with Crippen LogP contribution in [-0.2, 0) is 35.2 Å². The van der Waals surface area contributed by atoms with E-state index in [-0.39, 0.29) is 25.1 Å². The van der Waals surface area contributed by atoms with E-state index in [4.69, 9.17) is 10.8 Å². The number of aliphatic carboxylic acids is 3. The number of aromatic hydroxyl groups is 1. The van der Waals surface area contributed by atoms with Crippen LogP contribution in [-0.4, -0.2) is 91.7 Å². The Bertz CT molecular complexity index is 1010. The number of benzene rings is 1. The molecule has 0 aliphatic carbocycles. The number of likely N-dealkylation sites (tertiary alicyclic amines) is 1. The summed E-state index contributed by atoms with van der Waals surface area (Å²) in [6, 6.07) is -0.0283. The Morgan fingerprint density at radius 2 is 1.56 bits per heavy atom. The van der Waals surface area contributed by atoms with E-state index in [0.717, 1.165) is 4.90 Å². The molecule has 0 saturated carbocycles. The number of nitrogens with zero attached hydrogens (tertiary/aromatic N) is 1. The Morgan fingerprint density at radius 3 is 2.11 bits per heavy atom. The lowest BCUT2D eigenvalue weighted by molar-refractivity contribution is -0.145. The van der Waals surface area contributed by atoms with E-state index in [2.05, 4.69) is 10.6 Å². The molecule has 1 heterocycles. The molecule has 1 aliphatic rings. The molecule has 0 aromatic heterocycles. The van der Waals surface area contributed by atoms with Crippen LogP contribution < -0.4 is 16.4 Å². The van der Waals surface area contributed by atoms with Crippen molar-refractivity contribution in [2.24, 2.45) is 5.73 Å². The van der Waals surface area contributed by atoms with E-state index in [1.165, 1.54) is 24.3 Å². The van der Waals surface area contributed by atoms with Crippen LogP contribution in [0.3, 0.4) is 0 Å². The Labute approximate surface area is 205 Å². The molecule has 1 saturated heterocycles. The molecule has 4 atom stereocenters. The van der Waals surface area contributed by atoms with Gasteiger partial charge in [0, 0.05) is 13.0 Å². The predicted octanol–water partition coefficient (Wildman–Crippen LogP) is -1.74. The Hall–Kier alpha value is -4.20. The second kappa shape index (κ2) is 12.5. The van der Waals surface area contributed by atoms with Crippen LogP contribution in [0.15, 0.2) is 24.3 Å². The van der Waals surface area contributed by atoms with E-state index in [1.54, 1.807) is 0 Å². The zero-order valence-electron chi connectivity index (χ0n) is 19.1. The minimum absolute atomic E-state index is 0.0396. The lowest BCUT2D eigenvalue weighted by Crippen LogP contribution is -2.57. The number of nitrogens with two attached hydrogens (primary N) is 1. The van der Waals surface area contributed by atoms with Crippen molar-refractivity contribution in [3.63, 3.8) is 0 Å². The molecule has 2 rings (SSSR count). The van der Waals surface area contributed by atoms with Crippen LogP contribution in [0.4, 0.5) is 0 Å². The largest absolute Gasteiger partial charge is 0.508 e. The van der Waals surface area contributed by atoms with Gasteiger partial charge < -0.3 is 41.7 Å². The number of hydrogen-bond acceptors (Lipinski definition) is 8. The van der Waals surface area contributed by atoms with E-state index in [1.807, 2.05) is 0 Å². The first-order chi connectivity index (χ1) is 16.9. The Balaban J connectivity index is 2.12. The van der Waals surface area contributed by atoms with Gasteiger partial charge in [0.1, 0.15) is 23.9 Å². The summed E-state index contributed by atoms with van der Waals surface area (Å²) in [6.45, 7) is 0.119. The normalized spacial score (nSPS) is 17.5. The number of amides is 3. The molecule has 1 aromatic carbocycles. The first kappa shape index (κ1) is 28.0. The molecule has 14 nitrogen and oxygen atoms in total. The molecular weight excluding hydrogens is 480 g/mol. The molecule has 1 fully saturated rings. The van der Waals surface area contributed by atoms with Crippen molar-refractivity contribution in [3.8, 4) is 5.75 Å². The van der Waals surface area contributed by atoms with E-state index in [9.17, 15) is 44.1 Å². The van der Waals surface area contributed by atoms with Crippen LogP contribution in [0.5, 0.6) is 5.75 Å². The van der Waals surface area contributed by atoms with Gasteiger partial charge in [-0.25, -0.2) is 4.79 Å². The minimum Gasteiger partial charge on any atom is -0.508 e. The highest BCUT2D eigenvalue weighted by molar-refractivity contribution is 5.96. The molecule has 0 spiro atoms. The third-order valence-electron chi connectivity index (χ3n) is 5.55. The average Bonchev–Trinajstić information content (AvgIpc) is 3.28. The molecule has 1 aromatic rings. The smallest absolute Gasteiger partial charge is 0.326 e. The zero-order valence-corrected chi connectivity index (χ0v) is 19.1. The summed E-state index contributed by atoms with van der Waals surface area (Å²) in [5.41, 5.74) is 6.08.